The van der Waals surface area contributed by atoms with Crippen molar-refractivity contribution in [3.05, 3.63) is 24.3 Å². The van der Waals surface area contributed by atoms with Crippen LogP contribution >= 0.6 is 0 Å². The van der Waals surface area contributed by atoms with Crippen molar-refractivity contribution in [1.29, 1.82) is 0 Å². The molecule has 0 aliphatic carbocycles. The molecule has 1 heterocycles. The molecule has 1 amide bonds. The molecule has 1 atom stereocenters. The van der Waals surface area contributed by atoms with Gasteiger partial charge in [0.1, 0.15) is 6.04 Å². The Morgan fingerprint density at radius 1 is 1.30 bits per heavy atom. The number of hydrogen-bond donors (Lipinski definition) is 1. The lowest BCUT2D eigenvalue weighted by Crippen LogP contribution is -2.30. The average Bonchev–Trinajstić information content (AvgIpc) is 2.71. The molecule has 1 aromatic rings. The average molecular weight is 296 g/mol. The summed E-state index contributed by atoms with van der Waals surface area (Å²) in [4.78, 5) is 13.8. The van der Waals surface area contributed by atoms with E-state index < -0.39 is 9.84 Å². The zero-order valence-corrected chi connectivity index (χ0v) is 12.6. The summed E-state index contributed by atoms with van der Waals surface area (Å²) in [6, 6.07) is 6.41. The lowest BCUT2D eigenvalue weighted by Gasteiger charge is -2.13. The SMILES string of the molecule is CCCS(=O)(=O)c1ccc(NC2CCN(C)C2=O)cc1. The molecular weight excluding hydrogens is 276 g/mol. The van der Waals surface area contributed by atoms with Gasteiger partial charge < -0.3 is 10.2 Å². The lowest BCUT2D eigenvalue weighted by atomic mass is 10.2. The van der Waals surface area contributed by atoms with Crippen LogP contribution in [0.2, 0.25) is 0 Å². The van der Waals surface area contributed by atoms with E-state index in [1.54, 1.807) is 36.2 Å². The van der Waals surface area contributed by atoms with Gasteiger partial charge in [-0.3, -0.25) is 4.79 Å². The van der Waals surface area contributed by atoms with Crippen molar-refractivity contribution >= 4 is 21.4 Å². The second-order valence-corrected chi connectivity index (χ2v) is 7.20. The van der Waals surface area contributed by atoms with E-state index in [0.717, 1.165) is 18.7 Å². The molecule has 1 unspecified atom stereocenters. The summed E-state index contributed by atoms with van der Waals surface area (Å²) in [7, 11) is -1.39. The molecule has 1 aromatic carbocycles. The van der Waals surface area contributed by atoms with Crippen LogP contribution in [0.1, 0.15) is 19.8 Å². The van der Waals surface area contributed by atoms with Gasteiger partial charge in [-0.05, 0) is 37.1 Å². The number of sulfone groups is 1. The number of nitrogens with zero attached hydrogens (tertiary/aromatic N) is 1. The van der Waals surface area contributed by atoms with Gasteiger partial charge in [-0.25, -0.2) is 8.42 Å². The lowest BCUT2D eigenvalue weighted by molar-refractivity contribution is -0.127. The van der Waals surface area contributed by atoms with Gasteiger partial charge in [-0.1, -0.05) is 6.92 Å². The highest BCUT2D eigenvalue weighted by Crippen LogP contribution is 2.19. The second kappa shape index (κ2) is 5.83. The molecule has 0 radical (unpaired) electrons. The van der Waals surface area contributed by atoms with Crippen LogP contribution in [0.5, 0.6) is 0 Å². The standard InChI is InChI=1S/C14H20N2O3S/c1-3-10-20(18,19)12-6-4-11(5-7-12)15-13-8-9-16(2)14(13)17/h4-7,13,15H,3,8-10H2,1-2H3. The molecule has 1 N–H and O–H groups in total. The predicted octanol–water partition coefficient (Wildman–Crippen LogP) is 1.51. The number of likely N-dealkylation sites (tertiary alicyclic amines) is 1. The van der Waals surface area contributed by atoms with Crippen LogP contribution in [-0.4, -0.2) is 44.6 Å². The summed E-state index contributed by atoms with van der Waals surface area (Å²) in [5.41, 5.74) is 0.772. The third kappa shape index (κ3) is 3.12. The molecule has 0 saturated carbocycles. The molecule has 0 spiro atoms. The molecule has 6 heteroatoms. The van der Waals surface area contributed by atoms with Gasteiger partial charge in [0.25, 0.3) is 0 Å². The number of anilines is 1. The minimum atomic E-state index is -3.18. The van der Waals surface area contributed by atoms with Crippen LogP contribution in [0, 0.1) is 0 Å². The van der Waals surface area contributed by atoms with Crippen molar-refractivity contribution in [3.63, 3.8) is 0 Å². The molecule has 1 fully saturated rings. The van der Waals surface area contributed by atoms with Crippen LogP contribution in [0.4, 0.5) is 5.69 Å². The fraction of sp³-hybridized carbons (Fsp3) is 0.500. The minimum absolute atomic E-state index is 0.0766. The van der Waals surface area contributed by atoms with Crippen molar-refractivity contribution in [2.24, 2.45) is 0 Å². The van der Waals surface area contributed by atoms with Crippen molar-refractivity contribution in [3.8, 4) is 0 Å². The third-order valence-electron chi connectivity index (χ3n) is 3.45. The molecule has 20 heavy (non-hydrogen) atoms. The number of rotatable bonds is 5. The van der Waals surface area contributed by atoms with Gasteiger partial charge in [0.15, 0.2) is 9.84 Å². The molecule has 0 aromatic heterocycles. The first-order chi connectivity index (χ1) is 9.44. The Hall–Kier alpha value is -1.56. The normalized spacial score (nSPS) is 19.4. The largest absolute Gasteiger partial charge is 0.374 e. The molecule has 110 valence electrons. The number of carbonyl (C=O) groups excluding carboxylic acids is 1. The van der Waals surface area contributed by atoms with E-state index in [2.05, 4.69) is 5.32 Å². The zero-order valence-electron chi connectivity index (χ0n) is 11.8. The van der Waals surface area contributed by atoms with E-state index in [0.29, 0.717) is 11.3 Å². The maximum absolute atomic E-state index is 11.9. The van der Waals surface area contributed by atoms with Crippen LogP contribution in [0.15, 0.2) is 29.2 Å². The van der Waals surface area contributed by atoms with Crippen molar-refractivity contribution in [2.45, 2.75) is 30.7 Å². The Balaban J connectivity index is 2.08. The fourth-order valence-electron chi connectivity index (χ4n) is 2.30. The zero-order chi connectivity index (χ0) is 14.8. The van der Waals surface area contributed by atoms with Gasteiger partial charge in [0.05, 0.1) is 10.6 Å². The Kier molecular flexibility index (Phi) is 4.32. The van der Waals surface area contributed by atoms with Crippen molar-refractivity contribution in [1.82, 2.24) is 4.90 Å². The van der Waals surface area contributed by atoms with E-state index >= 15 is 0 Å². The van der Waals surface area contributed by atoms with Crippen LogP contribution < -0.4 is 5.32 Å². The predicted molar refractivity (Wildman–Crippen MR) is 78.5 cm³/mol. The Labute approximate surface area is 119 Å². The molecule has 5 nitrogen and oxygen atoms in total. The molecule has 1 aliphatic heterocycles. The van der Waals surface area contributed by atoms with Gasteiger partial charge in [0.2, 0.25) is 5.91 Å². The van der Waals surface area contributed by atoms with Gasteiger partial charge in [-0.15, -0.1) is 0 Å². The maximum atomic E-state index is 11.9. The van der Waals surface area contributed by atoms with E-state index in [9.17, 15) is 13.2 Å². The topological polar surface area (TPSA) is 66.5 Å². The van der Waals surface area contributed by atoms with Crippen molar-refractivity contribution in [2.75, 3.05) is 24.7 Å². The molecule has 1 saturated heterocycles. The quantitative estimate of drug-likeness (QED) is 0.894. The smallest absolute Gasteiger partial charge is 0.244 e. The van der Waals surface area contributed by atoms with Crippen LogP contribution in [0.3, 0.4) is 0 Å². The molecule has 2 rings (SSSR count). The highest BCUT2D eigenvalue weighted by Gasteiger charge is 2.28. The number of amides is 1. The van der Waals surface area contributed by atoms with Gasteiger partial charge in [0, 0.05) is 19.3 Å². The summed E-state index contributed by atoms with van der Waals surface area (Å²) < 4.78 is 23.8. The summed E-state index contributed by atoms with van der Waals surface area (Å²) >= 11 is 0. The van der Waals surface area contributed by atoms with E-state index in [4.69, 9.17) is 0 Å². The number of likely N-dealkylation sites (N-methyl/N-ethyl adjacent to an activating group) is 1. The number of nitrogens with one attached hydrogen (secondary N) is 1. The summed E-state index contributed by atoms with van der Waals surface area (Å²) in [6.07, 6.45) is 1.37. The highest BCUT2D eigenvalue weighted by atomic mass is 32.2. The Bertz CT molecular complexity index is 581. The van der Waals surface area contributed by atoms with Crippen LogP contribution in [-0.2, 0) is 14.6 Å². The summed E-state index contributed by atoms with van der Waals surface area (Å²) in [5, 5.41) is 3.15. The minimum Gasteiger partial charge on any atom is -0.374 e. The monoisotopic (exact) mass is 296 g/mol. The summed E-state index contributed by atoms with van der Waals surface area (Å²) in [5.74, 6) is 0.235. The Morgan fingerprint density at radius 3 is 2.45 bits per heavy atom. The van der Waals surface area contributed by atoms with Crippen molar-refractivity contribution < 1.29 is 13.2 Å². The molecule has 0 bridgehead atoms. The number of hydrogen-bond acceptors (Lipinski definition) is 4. The van der Waals surface area contributed by atoms with E-state index in [1.807, 2.05) is 6.92 Å². The fourth-order valence-corrected chi connectivity index (χ4v) is 3.63. The number of benzene rings is 1. The highest BCUT2D eigenvalue weighted by molar-refractivity contribution is 7.91. The third-order valence-corrected chi connectivity index (χ3v) is 5.39. The summed E-state index contributed by atoms with van der Waals surface area (Å²) in [6.45, 7) is 2.59. The van der Waals surface area contributed by atoms with Crippen LogP contribution in [0.25, 0.3) is 0 Å². The van der Waals surface area contributed by atoms with Gasteiger partial charge >= 0.3 is 0 Å². The maximum Gasteiger partial charge on any atom is 0.244 e. The Morgan fingerprint density at radius 2 is 1.95 bits per heavy atom. The van der Waals surface area contributed by atoms with Gasteiger partial charge in [-0.2, -0.15) is 0 Å². The second-order valence-electron chi connectivity index (χ2n) is 5.09. The van der Waals surface area contributed by atoms with E-state index in [1.165, 1.54) is 0 Å². The number of carbonyl (C=O) groups is 1. The molecule has 1 aliphatic rings. The first kappa shape index (κ1) is 14.8. The molecular formula is C14H20N2O3S. The first-order valence-electron chi connectivity index (χ1n) is 6.78. The first-order valence-corrected chi connectivity index (χ1v) is 8.43. The van der Waals surface area contributed by atoms with E-state index in [-0.39, 0.29) is 17.7 Å².